The number of aromatic nitrogens is 2. The Kier molecular flexibility index (Phi) is 9.29. The van der Waals surface area contributed by atoms with Crippen LogP contribution in [0.3, 0.4) is 0 Å². The van der Waals surface area contributed by atoms with E-state index in [1.807, 2.05) is 38.2 Å². The summed E-state index contributed by atoms with van der Waals surface area (Å²) >= 11 is 0. The summed E-state index contributed by atoms with van der Waals surface area (Å²) in [6.45, 7) is 12.1. The van der Waals surface area contributed by atoms with Gasteiger partial charge in [0.15, 0.2) is 0 Å². The third-order valence-corrected chi connectivity index (χ3v) is 10.2. The van der Waals surface area contributed by atoms with Crippen molar-refractivity contribution >= 4 is 54.9 Å². The first-order valence-electron chi connectivity index (χ1n) is 18.4. The lowest BCUT2D eigenvalue weighted by atomic mass is 9.96. The van der Waals surface area contributed by atoms with Crippen molar-refractivity contribution in [3.8, 4) is 33.7 Å². The van der Waals surface area contributed by atoms with Crippen molar-refractivity contribution in [3.63, 3.8) is 0 Å². The number of benzene rings is 6. The van der Waals surface area contributed by atoms with Crippen molar-refractivity contribution in [1.82, 2.24) is 9.13 Å². The topological polar surface area (TPSA) is 19.1 Å². The van der Waals surface area contributed by atoms with E-state index >= 15 is 0 Å². The monoisotopic (exact) mass is 698 g/mol. The van der Waals surface area contributed by atoms with E-state index in [2.05, 4.69) is 174 Å². The molecule has 2 aromatic heterocycles. The molecule has 6 aromatic carbocycles. The second kappa shape index (κ2) is 14.7. The smallest absolute Gasteiger partial charge is 0.134 e. The van der Waals surface area contributed by atoms with Crippen molar-refractivity contribution in [2.24, 2.45) is 0 Å². The number of para-hydroxylation sites is 3. The van der Waals surface area contributed by atoms with Crippen LogP contribution in [-0.2, 0) is 0 Å². The summed E-state index contributed by atoms with van der Waals surface area (Å²) < 4.78 is 10.8. The molecule has 262 valence electrons. The summed E-state index contributed by atoms with van der Waals surface area (Å²) in [7, 11) is 1.74. The van der Waals surface area contributed by atoms with Crippen LogP contribution in [0.1, 0.15) is 19.4 Å². The minimum absolute atomic E-state index is 0.824. The Balaban J connectivity index is 1.30. The molecule has 0 atom stereocenters. The van der Waals surface area contributed by atoms with Crippen molar-refractivity contribution in [2.75, 3.05) is 7.11 Å². The zero-order valence-corrected chi connectivity index (χ0v) is 31.0. The van der Waals surface area contributed by atoms with Gasteiger partial charge in [0.25, 0.3) is 0 Å². The molecule has 3 heteroatoms. The van der Waals surface area contributed by atoms with Gasteiger partial charge in [-0.2, -0.15) is 0 Å². The first-order chi connectivity index (χ1) is 26.6. The van der Waals surface area contributed by atoms with Crippen LogP contribution in [0.15, 0.2) is 189 Å². The van der Waals surface area contributed by atoms with Gasteiger partial charge < -0.3 is 13.9 Å². The minimum Gasteiger partial charge on any atom is -0.495 e. The van der Waals surface area contributed by atoms with E-state index in [1.165, 1.54) is 32.6 Å². The van der Waals surface area contributed by atoms with E-state index in [4.69, 9.17) is 4.74 Å². The van der Waals surface area contributed by atoms with E-state index in [9.17, 15) is 0 Å². The van der Waals surface area contributed by atoms with Crippen LogP contribution < -0.4 is 4.74 Å². The molecule has 0 N–H and O–H groups in total. The molecule has 0 aliphatic carbocycles. The molecular weight excluding hydrogens is 657 g/mol. The van der Waals surface area contributed by atoms with Gasteiger partial charge in [0.1, 0.15) is 5.75 Å². The molecule has 54 heavy (non-hydrogen) atoms. The molecule has 0 aliphatic heterocycles. The summed E-state index contributed by atoms with van der Waals surface area (Å²) in [4.78, 5) is 0. The molecule has 0 bridgehead atoms. The van der Waals surface area contributed by atoms with Gasteiger partial charge in [-0.05, 0) is 90.7 Å². The van der Waals surface area contributed by atoms with Gasteiger partial charge in [-0.3, -0.25) is 0 Å². The molecule has 0 amide bonds. The Hall–Kier alpha value is -6.84. The maximum absolute atomic E-state index is 6.09. The molecular formula is C51H42N2O. The lowest BCUT2D eigenvalue weighted by Crippen LogP contribution is -1.97. The first kappa shape index (κ1) is 34.3. The van der Waals surface area contributed by atoms with Gasteiger partial charge in [-0.15, -0.1) is 0 Å². The first-order valence-corrected chi connectivity index (χ1v) is 18.4. The SMILES string of the molecule is C=C/C=C(\C=C/C)n1c2ccccc2c2cc(-c3ccc4c5ccccc5n(-c5cccc(-c6cccc(/C(C=C)=C/C=C\C)c6OC)c5)c4c3)ccc21. The number of ether oxygens (including phenoxy) is 1. The fourth-order valence-electron chi connectivity index (χ4n) is 7.85. The molecule has 3 nitrogen and oxygen atoms in total. The molecule has 0 saturated heterocycles. The maximum atomic E-state index is 6.09. The summed E-state index contributed by atoms with van der Waals surface area (Å²) in [6.07, 6.45) is 16.1. The highest BCUT2D eigenvalue weighted by Gasteiger charge is 2.18. The second-order valence-corrected chi connectivity index (χ2v) is 13.3. The van der Waals surface area contributed by atoms with Crippen LogP contribution in [0.2, 0.25) is 0 Å². The van der Waals surface area contributed by atoms with Gasteiger partial charge in [-0.25, -0.2) is 0 Å². The fourth-order valence-corrected chi connectivity index (χ4v) is 7.85. The molecule has 0 aliphatic rings. The predicted molar refractivity (Wildman–Crippen MR) is 233 cm³/mol. The average molecular weight is 699 g/mol. The number of hydrogen-bond acceptors (Lipinski definition) is 1. The number of allylic oxidation sites excluding steroid dienone is 10. The summed E-state index contributed by atoms with van der Waals surface area (Å²) in [5.74, 6) is 0.824. The van der Waals surface area contributed by atoms with E-state index in [-0.39, 0.29) is 0 Å². The van der Waals surface area contributed by atoms with Crippen molar-refractivity contribution in [1.29, 1.82) is 0 Å². The quantitative estimate of drug-likeness (QED) is 0.130. The Morgan fingerprint density at radius 1 is 0.593 bits per heavy atom. The molecule has 8 rings (SSSR count). The van der Waals surface area contributed by atoms with Crippen LogP contribution in [0.25, 0.3) is 82.8 Å². The minimum atomic E-state index is 0.824. The van der Waals surface area contributed by atoms with Gasteiger partial charge in [0.2, 0.25) is 0 Å². The number of hydrogen-bond donors (Lipinski definition) is 0. The third-order valence-electron chi connectivity index (χ3n) is 10.2. The predicted octanol–water partition coefficient (Wildman–Crippen LogP) is 14.0. The average Bonchev–Trinajstić information content (AvgIpc) is 3.73. The molecule has 0 unspecified atom stereocenters. The summed E-state index contributed by atoms with van der Waals surface area (Å²) in [5.41, 5.74) is 13.3. The lowest BCUT2D eigenvalue weighted by molar-refractivity contribution is 0.415. The number of nitrogens with zero attached hydrogens (tertiary/aromatic N) is 2. The Morgan fingerprint density at radius 3 is 2.06 bits per heavy atom. The van der Waals surface area contributed by atoms with Crippen molar-refractivity contribution < 1.29 is 4.74 Å². The van der Waals surface area contributed by atoms with Crippen LogP contribution >= 0.6 is 0 Å². The highest BCUT2D eigenvalue weighted by atomic mass is 16.5. The Morgan fingerprint density at radius 2 is 1.30 bits per heavy atom. The highest BCUT2D eigenvalue weighted by Crippen LogP contribution is 2.41. The zero-order valence-electron chi connectivity index (χ0n) is 31.0. The summed E-state index contributed by atoms with van der Waals surface area (Å²) in [5, 5.41) is 4.87. The van der Waals surface area contributed by atoms with E-state index < -0.39 is 0 Å². The fraction of sp³-hybridized carbons (Fsp3) is 0.0588. The number of methoxy groups -OCH3 is 1. The Bertz CT molecular complexity index is 2870. The third kappa shape index (κ3) is 5.81. The molecule has 0 fully saturated rings. The normalized spacial score (nSPS) is 12.6. The molecule has 8 aromatic rings. The van der Waals surface area contributed by atoms with E-state index in [0.29, 0.717) is 0 Å². The van der Waals surface area contributed by atoms with E-state index in [0.717, 1.165) is 61.5 Å². The van der Waals surface area contributed by atoms with Gasteiger partial charge in [-0.1, -0.05) is 135 Å². The Labute approximate surface area is 317 Å². The number of rotatable bonds is 10. The van der Waals surface area contributed by atoms with Crippen LogP contribution in [0.4, 0.5) is 0 Å². The van der Waals surface area contributed by atoms with Gasteiger partial charge >= 0.3 is 0 Å². The lowest BCUT2D eigenvalue weighted by Gasteiger charge is -2.16. The highest BCUT2D eigenvalue weighted by molar-refractivity contribution is 6.13. The van der Waals surface area contributed by atoms with Crippen LogP contribution in [-0.4, -0.2) is 16.2 Å². The zero-order chi connectivity index (χ0) is 37.2. The maximum Gasteiger partial charge on any atom is 0.134 e. The molecule has 0 saturated carbocycles. The van der Waals surface area contributed by atoms with Gasteiger partial charge in [0, 0.05) is 44.1 Å². The van der Waals surface area contributed by atoms with E-state index in [1.54, 1.807) is 7.11 Å². The summed E-state index contributed by atoms with van der Waals surface area (Å²) in [6, 6.07) is 46.1. The van der Waals surface area contributed by atoms with Crippen molar-refractivity contribution in [2.45, 2.75) is 13.8 Å². The van der Waals surface area contributed by atoms with Crippen molar-refractivity contribution in [3.05, 3.63) is 195 Å². The molecule has 0 spiro atoms. The largest absolute Gasteiger partial charge is 0.495 e. The number of fused-ring (bicyclic) bond motifs is 6. The molecule has 2 heterocycles. The van der Waals surface area contributed by atoms with Crippen LogP contribution in [0, 0.1) is 0 Å². The van der Waals surface area contributed by atoms with Crippen LogP contribution in [0.5, 0.6) is 5.75 Å². The second-order valence-electron chi connectivity index (χ2n) is 13.3. The van der Waals surface area contributed by atoms with Gasteiger partial charge in [0.05, 0.1) is 29.2 Å². The standard InChI is InChI=1S/C51H42N2O/c1-6-10-19-35(9-4)41-24-16-25-42(51(41)54-5)38-20-15-21-40(32-38)53-47-26-13-11-22-43(47)45-30-28-37(34-50(45)53)36-29-31-49-46(33-36)44-23-12-14-27-48(44)52(49)39(17-7-2)18-8-3/h6-34H,2,4H2,1,3,5H3/b10-6-,18-8-,35-19+,39-17+. The molecule has 0 radical (unpaired) electrons.